The molecule has 2 rings (SSSR count). The molecule has 1 aromatic carbocycles. The first-order valence-corrected chi connectivity index (χ1v) is 9.22. The molecule has 0 aliphatic rings. The lowest BCUT2D eigenvalue weighted by Gasteiger charge is -2.16. The molecule has 1 amide bonds. The molecule has 0 aliphatic carbocycles. The Balaban J connectivity index is 2.16. The van der Waals surface area contributed by atoms with Crippen LogP contribution in [0, 0.1) is 4.77 Å². The number of aromatic nitrogens is 3. The Bertz CT molecular complexity index is 833. The van der Waals surface area contributed by atoms with Gasteiger partial charge in [-0.05, 0) is 37.3 Å². The Hall–Kier alpha value is -1.90. The molecule has 0 saturated carbocycles. The summed E-state index contributed by atoms with van der Waals surface area (Å²) in [6, 6.07) is 5.58. The van der Waals surface area contributed by atoms with Crippen LogP contribution in [-0.2, 0) is 31.0 Å². The second-order valence-electron chi connectivity index (χ2n) is 6.16. The number of nitrogens with two attached hydrogens (primary N) is 1. The fraction of sp³-hybridized carbons (Fsp3) is 0.471. The molecule has 0 radical (unpaired) electrons. The van der Waals surface area contributed by atoms with Crippen molar-refractivity contribution in [2.24, 2.45) is 5.73 Å². The summed E-state index contributed by atoms with van der Waals surface area (Å²) in [4.78, 5) is 12.2. The Labute approximate surface area is 163 Å². The van der Waals surface area contributed by atoms with E-state index in [-0.39, 0.29) is 12.3 Å². The van der Waals surface area contributed by atoms with Gasteiger partial charge >= 0.3 is 0 Å². The zero-order chi connectivity index (χ0) is 19.3. The van der Waals surface area contributed by atoms with Crippen LogP contribution in [0.15, 0.2) is 18.2 Å². The molecule has 1 unspecified atom stereocenters. The van der Waals surface area contributed by atoms with E-state index >= 15 is 0 Å². The average molecular weight is 399 g/mol. The van der Waals surface area contributed by atoms with E-state index in [0.717, 1.165) is 17.1 Å². The number of methoxy groups -OCH3 is 1. The molecule has 3 N–H and O–H groups in total. The van der Waals surface area contributed by atoms with Crippen LogP contribution in [0.3, 0.4) is 0 Å². The van der Waals surface area contributed by atoms with Gasteiger partial charge in [0.25, 0.3) is 0 Å². The molecule has 1 atom stereocenters. The maximum Gasteiger partial charge on any atom is 0.217 e. The summed E-state index contributed by atoms with van der Waals surface area (Å²) in [5, 5.41) is 5.26. The van der Waals surface area contributed by atoms with Crippen molar-refractivity contribution in [3.8, 4) is 5.75 Å². The predicted molar refractivity (Wildman–Crippen MR) is 103 cm³/mol. The molecule has 9 heteroatoms. The fourth-order valence-electron chi connectivity index (χ4n) is 2.85. The van der Waals surface area contributed by atoms with E-state index in [1.165, 1.54) is 4.90 Å². The first-order valence-electron chi connectivity index (χ1n) is 8.44. The molecule has 0 saturated heterocycles. The minimum absolute atomic E-state index is 0.258. The van der Waals surface area contributed by atoms with Crippen molar-refractivity contribution in [3.05, 3.63) is 39.4 Å². The summed E-state index contributed by atoms with van der Waals surface area (Å²) >= 11 is 11.6. The highest BCUT2D eigenvalue weighted by Gasteiger charge is 2.15. The quantitative estimate of drug-likeness (QED) is 0.622. The fourth-order valence-corrected chi connectivity index (χ4v) is 3.38. The number of hydrogen-bond donors (Lipinski definition) is 2. The van der Waals surface area contributed by atoms with E-state index in [1.54, 1.807) is 11.8 Å². The van der Waals surface area contributed by atoms with Gasteiger partial charge in [-0.25, -0.2) is 0 Å². The number of nitrogens with zero attached hydrogens (tertiary/aromatic N) is 3. The van der Waals surface area contributed by atoms with Gasteiger partial charge in [-0.2, -0.15) is 9.78 Å². The number of nitrogens with one attached hydrogen (secondary N) is 1. The highest BCUT2D eigenvalue weighted by Crippen LogP contribution is 2.21. The van der Waals surface area contributed by atoms with Gasteiger partial charge < -0.3 is 19.9 Å². The molecular formula is C17H25ClN5O2S+. The maximum absolute atomic E-state index is 11.1. The summed E-state index contributed by atoms with van der Waals surface area (Å²) in [6.07, 6.45) is 0.745. The summed E-state index contributed by atoms with van der Waals surface area (Å²) in [5.74, 6) is 1.24. The van der Waals surface area contributed by atoms with Gasteiger partial charge in [0, 0.05) is 30.0 Å². The van der Waals surface area contributed by atoms with E-state index in [0.29, 0.717) is 36.0 Å². The number of hydrogen-bond acceptors (Lipinski definition) is 4. The Kier molecular flexibility index (Phi) is 7.19. The van der Waals surface area contributed by atoms with Crippen molar-refractivity contribution in [1.29, 1.82) is 0 Å². The third-order valence-electron chi connectivity index (χ3n) is 4.07. The van der Waals surface area contributed by atoms with Crippen LogP contribution >= 0.6 is 23.8 Å². The molecule has 0 spiro atoms. The number of quaternary nitrogens is 1. The van der Waals surface area contributed by atoms with Crippen molar-refractivity contribution in [3.63, 3.8) is 0 Å². The third-order valence-corrected chi connectivity index (χ3v) is 4.73. The molecule has 0 aliphatic heterocycles. The number of amides is 1. The van der Waals surface area contributed by atoms with E-state index in [2.05, 4.69) is 12.1 Å². The van der Waals surface area contributed by atoms with E-state index in [1.807, 2.05) is 29.7 Å². The zero-order valence-corrected chi connectivity index (χ0v) is 16.9. The van der Waals surface area contributed by atoms with Crippen LogP contribution in [0.2, 0.25) is 5.02 Å². The van der Waals surface area contributed by atoms with E-state index in [9.17, 15) is 4.79 Å². The highest BCUT2D eigenvalue weighted by molar-refractivity contribution is 7.71. The number of ether oxygens (including phenoxy) is 1. The summed E-state index contributed by atoms with van der Waals surface area (Å²) in [5.41, 5.74) is 6.27. The van der Waals surface area contributed by atoms with Crippen LogP contribution in [-0.4, -0.2) is 34.4 Å². The number of primary amides is 1. The maximum atomic E-state index is 11.1. The topological polar surface area (TPSA) is 79.5 Å². The smallest absolute Gasteiger partial charge is 0.217 e. The molecule has 2 aromatic rings. The van der Waals surface area contributed by atoms with Gasteiger partial charge in [-0.15, -0.1) is 0 Å². The highest BCUT2D eigenvalue weighted by atomic mass is 35.5. The minimum atomic E-state index is -0.344. The summed E-state index contributed by atoms with van der Waals surface area (Å²) in [7, 11) is 3.70. The lowest BCUT2D eigenvalue weighted by atomic mass is 10.2. The molecule has 0 fully saturated rings. The van der Waals surface area contributed by atoms with Crippen LogP contribution < -0.4 is 15.4 Å². The zero-order valence-electron chi connectivity index (χ0n) is 15.3. The van der Waals surface area contributed by atoms with Crippen molar-refractivity contribution < 1.29 is 14.4 Å². The Morgan fingerprint density at radius 1 is 1.46 bits per heavy atom. The number of aryl methyl sites for hydroxylation is 1. The second-order valence-corrected chi connectivity index (χ2v) is 6.96. The number of carbonyl (C=O) groups is 1. The number of benzene rings is 1. The van der Waals surface area contributed by atoms with Crippen LogP contribution in [0.4, 0.5) is 0 Å². The van der Waals surface area contributed by atoms with Crippen LogP contribution in [0.1, 0.15) is 24.7 Å². The minimum Gasteiger partial charge on any atom is -0.496 e. The van der Waals surface area contributed by atoms with Gasteiger partial charge in [0.05, 0.1) is 14.2 Å². The predicted octanol–water partition coefficient (Wildman–Crippen LogP) is 1.19. The number of carbonyl (C=O) groups excluding carboxylic acids is 1. The molecule has 0 bridgehead atoms. The van der Waals surface area contributed by atoms with Crippen molar-refractivity contribution >= 4 is 29.7 Å². The van der Waals surface area contributed by atoms with Gasteiger partial charge in [0.1, 0.15) is 18.1 Å². The lowest BCUT2D eigenvalue weighted by molar-refractivity contribution is -0.917. The average Bonchev–Trinajstić information content (AvgIpc) is 2.88. The first-order chi connectivity index (χ1) is 12.3. The van der Waals surface area contributed by atoms with Gasteiger partial charge in [0.15, 0.2) is 6.67 Å². The van der Waals surface area contributed by atoms with Crippen molar-refractivity contribution in [1.82, 2.24) is 14.3 Å². The monoisotopic (exact) mass is 398 g/mol. The molecule has 1 heterocycles. The van der Waals surface area contributed by atoms with Crippen molar-refractivity contribution in [2.75, 3.05) is 14.2 Å². The van der Waals surface area contributed by atoms with Gasteiger partial charge in [0.2, 0.25) is 10.7 Å². The molecular weight excluding hydrogens is 374 g/mol. The normalized spacial score (nSPS) is 12.2. The number of rotatable bonds is 9. The van der Waals surface area contributed by atoms with Gasteiger partial charge in [-0.1, -0.05) is 11.6 Å². The van der Waals surface area contributed by atoms with Crippen LogP contribution in [0.25, 0.3) is 0 Å². The second kappa shape index (κ2) is 9.16. The first kappa shape index (κ1) is 20.4. The molecule has 1 aromatic heterocycles. The number of halogens is 1. The van der Waals surface area contributed by atoms with E-state index in [4.69, 9.17) is 34.3 Å². The molecule has 26 heavy (non-hydrogen) atoms. The molecule has 7 nitrogen and oxygen atoms in total. The molecule has 142 valence electrons. The standard InChI is InChI=1S/C17H24ClN5O2S/c1-4-22-16(8-7-15(19)24)20-23(17(22)26)11-21(2)10-12-9-13(18)5-6-14(12)25-3/h5-6,9H,4,7-8,10-11H2,1-3H3,(H2,19,24)/p+1. The van der Waals surface area contributed by atoms with Crippen LogP contribution in [0.5, 0.6) is 5.75 Å². The van der Waals surface area contributed by atoms with Crippen molar-refractivity contribution in [2.45, 2.75) is 39.5 Å². The SMILES string of the molecule is CCn1c(CCC(N)=O)nn(C[NH+](C)Cc2cc(Cl)ccc2OC)c1=S. The lowest BCUT2D eigenvalue weighted by Crippen LogP contribution is -3.07. The largest absolute Gasteiger partial charge is 0.496 e. The Morgan fingerprint density at radius 2 is 2.19 bits per heavy atom. The third kappa shape index (κ3) is 5.06. The van der Waals surface area contributed by atoms with E-state index < -0.39 is 0 Å². The summed E-state index contributed by atoms with van der Waals surface area (Å²) in [6.45, 7) is 4.00. The Morgan fingerprint density at radius 3 is 2.81 bits per heavy atom. The van der Waals surface area contributed by atoms with Gasteiger partial charge in [-0.3, -0.25) is 4.79 Å². The summed E-state index contributed by atoms with van der Waals surface area (Å²) < 4.78 is 9.78.